The highest BCUT2D eigenvalue weighted by atomic mass is 16.7. The van der Waals surface area contributed by atoms with Gasteiger partial charge in [-0.2, -0.15) is 0 Å². The highest BCUT2D eigenvalue weighted by molar-refractivity contribution is 6.00. The van der Waals surface area contributed by atoms with Gasteiger partial charge in [-0.1, -0.05) is 6.07 Å². The number of hydrogen-bond donors (Lipinski definition) is 3. The molecule has 162 valence electrons. The average Bonchev–Trinajstić information content (AvgIpc) is 3.39. The minimum atomic E-state index is -0.431. The van der Waals surface area contributed by atoms with E-state index in [2.05, 4.69) is 10.6 Å². The number of benzene rings is 2. The summed E-state index contributed by atoms with van der Waals surface area (Å²) in [5.41, 5.74) is 1.05. The predicted molar refractivity (Wildman–Crippen MR) is 111 cm³/mol. The molecule has 0 radical (unpaired) electrons. The third kappa shape index (κ3) is 4.71. The third-order valence-corrected chi connectivity index (χ3v) is 5.21. The molecule has 1 saturated heterocycles. The van der Waals surface area contributed by atoms with E-state index in [0.717, 1.165) is 0 Å². The monoisotopic (exact) mass is 425 g/mol. The molecule has 2 aliphatic heterocycles. The van der Waals surface area contributed by atoms with Crippen LogP contribution in [0.3, 0.4) is 0 Å². The second-order valence-corrected chi connectivity index (χ2v) is 7.39. The molecule has 1 unspecified atom stereocenters. The molecule has 0 aromatic heterocycles. The Morgan fingerprint density at radius 2 is 1.87 bits per heavy atom. The molecule has 3 N–H and O–H groups in total. The van der Waals surface area contributed by atoms with Gasteiger partial charge in [-0.3, -0.25) is 14.4 Å². The van der Waals surface area contributed by atoms with Crippen molar-refractivity contribution in [1.29, 1.82) is 0 Å². The lowest BCUT2D eigenvalue weighted by atomic mass is 10.1. The molecule has 3 amide bonds. The van der Waals surface area contributed by atoms with Crippen LogP contribution in [0.15, 0.2) is 42.5 Å². The van der Waals surface area contributed by atoms with Crippen molar-refractivity contribution in [1.82, 2.24) is 10.6 Å². The maximum Gasteiger partial charge on any atom is 0.251 e. The van der Waals surface area contributed by atoms with Crippen molar-refractivity contribution in [2.75, 3.05) is 31.3 Å². The largest absolute Gasteiger partial charge is 0.508 e. The number of carbonyl (C=O) groups is 3. The molecule has 1 atom stereocenters. The molecular weight excluding hydrogens is 402 g/mol. The number of phenolic OH excluding ortho intramolecular Hbond substituents is 1. The van der Waals surface area contributed by atoms with Gasteiger partial charge in [0.25, 0.3) is 5.91 Å². The summed E-state index contributed by atoms with van der Waals surface area (Å²) >= 11 is 0. The average molecular weight is 425 g/mol. The number of nitrogens with one attached hydrogen (secondary N) is 2. The maximum absolute atomic E-state index is 12.5. The van der Waals surface area contributed by atoms with Crippen molar-refractivity contribution in [2.24, 2.45) is 5.92 Å². The summed E-state index contributed by atoms with van der Waals surface area (Å²) in [5, 5.41) is 15.0. The molecule has 4 rings (SSSR count). The Morgan fingerprint density at radius 1 is 1.06 bits per heavy atom. The Hall–Kier alpha value is -3.75. The van der Waals surface area contributed by atoms with E-state index in [0.29, 0.717) is 48.8 Å². The standard InChI is InChI=1S/C22H23N3O6/c26-17-4-1-3-14(9-17)21(28)23-7-2-8-24-22(29)15-10-20(27)25(12-15)16-5-6-18-19(11-16)31-13-30-18/h1,3-6,9,11,15,26H,2,7-8,10,12-13H2,(H,23,28)(H,24,29). The Morgan fingerprint density at radius 3 is 2.71 bits per heavy atom. The number of fused-ring (bicyclic) bond motifs is 1. The lowest BCUT2D eigenvalue weighted by Crippen LogP contribution is -2.35. The van der Waals surface area contributed by atoms with Crippen molar-refractivity contribution in [3.8, 4) is 17.2 Å². The van der Waals surface area contributed by atoms with Gasteiger partial charge in [-0.25, -0.2) is 0 Å². The Labute approximate surface area is 178 Å². The number of aromatic hydroxyl groups is 1. The molecule has 2 aliphatic rings. The lowest BCUT2D eigenvalue weighted by Gasteiger charge is -2.17. The highest BCUT2D eigenvalue weighted by Crippen LogP contribution is 2.37. The smallest absolute Gasteiger partial charge is 0.251 e. The summed E-state index contributed by atoms with van der Waals surface area (Å²) in [6.07, 6.45) is 0.692. The van der Waals surface area contributed by atoms with Gasteiger partial charge in [-0.15, -0.1) is 0 Å². The summed E-state index contributed by atoms with van der Waals surface area (Å²) in [4.78, 5) is 38.5. The van der Waals surface area contributed by atoms with Crippen LogP contribution in [-0.4, -0.2) is 49.3 Å². The lowest BCUT2D eigenvalue weighted by molar-refractivity contribution is -0.126. The highest BCUT2D eigenvalue weighted by Gasteiger charge is 2.35. The van der Waals surface area contributed by atoms with E-state index in [1.165, 1.54) is 12.1 Å². The molecule has 31 heavy (non-hydrogen) atoms. The molecule has 2 aromatic carbocycles. The van der Waals surface area contributed by atoms with Gasteiger partial charge in [0.05, 0.1) is 5.92 Å². The zero-order valence-corrected chi connectivity index (χ0v) is 16.8. The molecule has 0 saturated carbocycles. The zero-order valence-electron chi connectivity index (χ0n) is 16.8. The van der Waals surface area contributed by atoms with E-state index in [-0.39, 0.29) is 36.7 Å². The summed E-state index contributed by atoms with van der Waals surface area (Å²) in [6.45, 7) is 1.22. The van der Waals surface area contributed by atoms with Gasteiger partial charge in [0, 0.05) is 43.4 Å². The first-order valence-electron chi connectivity index (χ1n) is 10.1. The molecule has 2 heterocycles. The topological polar surface area (TPSA) is 117 Å². The second-order valence-electron chi connectivity index (χ2n) is 7.39. The molecule has 1 fully saturated rings. The van der Waals surface area contributed by atoms with E-state index in [1.54, 1.807) is 35.2 Å². The number of hydrogen-bond acceptors (Lipinski definition) is 6. The second kappa shape index (κ2) is 8.95. The van der Waals surface area contributed by atoms with E-state index < -0.39 is 5.92 Å². The van der Waals surface area contributed by atoms with E-state index in [4.69, 9.17) is 9.47 Å². The minimum Gasteiger partial charge on any atom is -0.508 e. The zero-order chi connectivity index (χ0) is 21.8. The van der Waals surface area contributed by atoms with Crippen LogP contribution in [0.1, 0.15) is 23.2 Å². The third-order valence-electron chi connectivity index (χ3n) is 5.21. The van der Waals surface area contributed by atoms with Crippen LogP contribution in [0.5, 0.6) is 17.2 Å². The van der Waals surface area contributed by atoms with E-state index >= 15 is 0 Å². The van der Waals surface area contributed by atoms with Crippen molar-refractivity contribution in [3.63, 3.8) is 0 Å². The Bertz CT molecular complexity index is 1010. The van der Waals surface area contributed by atoms with Gasteiger partial charge in [-0.05, 0) is 36.8 Å². The van der Waals surface area contributed by atoms with Crippen molar-refractivity contribution >= 4 is 23.4 Å². The van der Waals surface area contributed by atoms with Gasteiger partial charge < -0.3 is 30.1 Å². The molecule has 0 aliphatic carbocycles. The fraction of sp³-hybridized carbons (Fsp3) is 0.318. The first kappa shape index (κ1) is 20.5. The first-order chi connectivity index (χ1) is 15.0. The fourth-order valence-corrected chi connectivity index (χ4v) is 3.58. The van der Waals surface area contributed by atoms with Crippen molar-refractivity contribution < 1.29 is 29.0 Å². The molecule has 0 bridgehead atoms. The molecule has 2 aromatic rings. The SMILES string of the molecule is O=C(NCCCNC(=O)C1CC(=O)N(c2ccc3c(c2)OCO3)C1)c1cccc(O)c1. The van der Waals surface area contributed by atoms with E-state index in [1.807, 2.05) is 0 Å². The van der Waals surface area contributed by atoms with Crippen molar-refractivity contribution in [3.05, 3.63) is 48.0 Å². The van der Waals surface area contributed by atoms with Gasteiger partial charge in [0.1, 0.15) is 5.75 Å². The Balaban J connectivity index is 1.21. The number of ether oxygens (including phenoxy) is 2. The molecular formula is C22H23N3O6. The van der Waals surface area contributed by atoms with Crippen LogP contribution in [0.2, 0.25) is 0 Å². The molecule has 0 spiro atoms. The Kier molecular flexibility index (Phi) is 5.92. The number of phenols is 1. The van der Waals surface area contributed by atoms with Crippen LogP contribution in [0.4, 0.5) is 5.69 Å². The number of rotatable bonds is 7. The summed E-state index contributed by atoms with van der Waals surface area (Å²) < 4.78 is 10.6. The maximum atomic E-state index is 12.5. The van der Waals surface area contributed by atoms with Gasteiger partial charge in [0.15, 0.2) is 11.5 Å². The predicted octanol–water partition coefficient (Wildman–Crippen LogP) is 1.41. The van der Waals surface area contributed by atoms with Crippen molar-refractivity contribution in [2.45, 2.75) is 12.8 Å². The van der Waals surface area contributed by atoms with E-state index in [9.17, 15) is 19.5 Å². The summed E-state index contributed by atoms with van der Waals surface area (Å²) in [7, 11) is 0. The summed E-state index contributed by atoms with van der Waals surface area (Å²) in [5.74, 6) is 0.240. The quantitative estimate of drug-likeness (QED) is 0.578. The van der Waals surface area contributed by atoms with Crippen LogP contribution < -0.4 is 25.0 Å². The first-order valence-corrected chi connectivity index (χ1v) is 10.1. The van der Waals surface area contributed by atoms with Gasteiger partial charge in [0.2, 0.25) is 18.6 Å². The minimum absolute atomic E-state index is 0.0285. The number of amides is 3. The number of anilines is 1. The van der Waals surface area contributed by atoms with Crippen LogP contribution >= 0.6 is 0 Å². The molecule has 9 nitrogen and oxygen atoms in total. The van der Waals surface area contributed by atoms with Crippen LogP contribution in [0.25, 0.3) is 0 Å². The normalized spacial score (nSPS) is 17.0. The van der Waals surface area contributed by atoms with Gasteiger partial charge >= 0.3 is 0 Å². The molecule has 9 heteroatoms. The number of carbonyl (C=O) groups excluding carboxylic acids is 3. The van der Waals surface area contributed by atoms with Crippen LogP contribution in [-0.2, 0) is 9.59 Å². The summed E-state index contributed by atoms with van der Waals surface area (Å²) in [6, 6.07) is 11.4. The fourth-order valence-electron chi connectivity index (χ4n) is 3.58. The van der Waals surface area contributed by atoms with Crippen LogP contribution in [0, 0.1) is 5.92 Å². The number of nitrogens with zero attached hydrogens (tertiary/aromatic N) is 1.